The topological polar surface area (TPSA) is 120 Å². The van der Waals surface area contributed by atoms with E-state index in [1.54, 1.807) is 18.2 Å². The summed E-state index contributed by atoms with van der Waals surface area (Å²) in [6, 6.07) is 12.0. The molecule has 0 saturated carbocycles. The molecular weight excluding hydrogens is 366 g/mol. The van der Waals surface area contributed by atoms with Gasteiger partial charge in [-0.3, -0.25) is 5.32 Å². The number of nitrogen functional groups attached to an aromatic ring is 1. The smallest absolute Gasteiger partial charge is 0.413 e. The van der Waals surface area contributed by atoms with Crippen LogP contribution in [0.25, 0.3) is 0 Å². The Labute approximate surface area is 150 Å². The second-order valence-electron chi connectivity index (χ2n) is 4.67. The molecule has 2 aromatic carbocycles. The van der Waals surface area contributed by atoms with E-state index in [1.807, 2.05) is 0 Å². The number of carbonyl (C=O) groups excluding carboxylic acids is 1. The lowest BCUT2D eigenvalue weighted by Gasteiger charge is -2.13. The highest BCUT2D eigenvalue weighted by molar-refractivity contribution is 7.87. The van der Waals surface area contributed by atoms with Gasteiger partial charge in [-0.25, -0.2) is 4.79 Å². The summed E-state index contributed by atoms with van der Waals surface area (Å²) in [5.74, 6) is 0.178. The van der Waals surface area contributed by atoms with E-state index >= 15 is 0 Å². The summed E-state index contributed by atoms with van der Waals surface area (Å²) in [5, 5.41) is 4.75. The molecule has 10 heteroatoms. The number of methoxy groups -OCH3 is 1. The SMILES string of the molecule is COC(=O)NC(=S)Nc1cc(S(=O)(=O)Oc2ccccc2)ccc1N. The summed E-state index contributed by atoms with van der Waals surface area (Å²) < 4.78 is 34.2. The second kappa shape index (κ2) is 7.81. The van der Waals surface area contributed by atoms with E-state index < -0.39 is 16.2 Å². The first-order valence-electron chi connectivity index (χ1n) is 6.87. The van der Waals surface area contributed by atoms with Crippen LogP contribution in [0.4, 0.5) is 16.2 Å². The number of hydrogen-bond acceptors (Lipinski definition) is 7. The van der Waals surface area contributed by atoms with Crippen LogP contribution in [0.2, 0.25) is 0 Å². The number of rotatable bonds is 4. The Hall–Kier alpha value is -2.85. The highest BCUT2D eigenvalue weighted by Gasteiger charge is 2.18. The van der Waals surface area contributed by atoms with Gasteiger partial charge >= 0.3 is 16.2 Å². The number of para-hydroxylation sites is 1. The summed E-state index contributed by atoms with van der Waals surface area (Å²) in [6.07, 6.45) is -0.771. The molecule has 0 saturated heterocycles. The minimum atomic E-state index is -4.07. The van der Waals surface area contributed by atoms with Crippen LogP contribution in [0.1, 0.15) is 0 Å². The van der Waals surface area contributed by atoms with Gasteiger partial charge in [-0.1, -0.05) is 18.2 Å². The fourth-order valence-corrected chi connectivity index (χ4v) is 2.90. The van der Waals surface area contributed by atoms with Gasteiger partial charge in [0.2, 0.25) is 0 Å². The lowest BCUT2D eigenvalue weighted by molar-refractivity contribution is 0.177. The Kier molecular flexibility index (Phi) is 5.78. The molecule has 0 bridgehead atoms. The lowest BCUT2D eigenvalue weighted by Crippen LogP contribution is -2.34. The summed E-state index contributed by atoms with van der Waals surface area (Å²) in [7, 11) is -2.89. The van der Waals surface area contributed by atoms with Crippen LogP contribution in [0.15, 0.2) is 53.4 Å². The van der Waals surface area contributed by atoms with Gasteiger partial charge in [-0.15, -0.1) is 0 Å². The van der Waals surface area contributed by atoms with Crippen molar-refractivity contribution in [1.29, 1.82) is 0 Å². The first-order chi connectivity index (χ1) is 11.8. The van der Waals surface area contributed by atoms with Crippen molar-refractivity contribution >= 4 is 44.9 Å². The number of thiocarbonyl (C=S) groups is 1. The van der Waals surface area contributed by atoms with Crippen LogP contribution < -0.4 is 20.6 Å². The monoisotopic (exact) mass is 381 g/mol. The molecule has 0 atom stereocenters. The van der Waals surface area contributed by atoms with E-state index in [9.17, 15) is 13.2 Å². The number of nitrogens with one attached hydrogen (secondary N) is 2. The molecule has 0 heterocycles. The minimum absolute atomic E-state index is 0.0999. The molecule has 0 fully saturated rings. The van der Waals surface area contributed by atoms with Crippen molar-refractivity contribution in [3.8, 4) is 5.75 Å². The number of benzene rings is 2. The number of alkyl carbamates (subject to hydrolysis) is 1. The zero-order valence-corrected chi connectivity index (χ0v) is 14.7. The Morgan fingerprint density at radius 2 is 1.84 bits per heavy atom. The average Bonchev–Trinajstić information content (AvgIpc) is 2.57. The maximum atomic E-state index is 12.4. The van der Waals surface area contributed by atoms with Gasteiger partial charge < -0.3 is 20.0 Å². The molecule has 25 heavy (non-hydrogen) atoms. The van der Waals surface area contributed by atoms with E-state index in [1.165, 1.54) is 37.4 Å². The quantitative estimate of drug-likeness (QED) is 0.418. The van der Waals surface area contributed by atoms with E-state index in [2.05, 4.69) is 15.4 Å². The Morgan fingerprint density at radius 1 is 1.16 bits per heavy atom. The molecule has 0 spiro atoms. The largest absolute Gasteiger partial charge is 0.453 e. The summed E-state index contributed by atoms with van der Waals surface area (Å²) in [5.41, 5.74) is 6.22. The highest BCUT2D eigenvalue weighted by Crippen LogP contribution is 2.25. The van der Waals surface area contributed by atoms with Gasteiger partial charge in [-0.2, -0.15) is 8.42 Å². The molecule has 0 aromatic heterocycles. The van der Waals surface area contributed by atoms with Crippen molar-refractivity contribution in [3.05, 3.63) is 48.5 Å². The van der Waals surface area contributed by atoms with Crippen LogP contribution in [0.5, 0.6) is 5.75 Å². The van der Waals surface area contributed by atoms with Crippen molar-refractivity contribution in [2.75, 3.05) is 18.2 Å². The maximum Gasteiger partial charge on any atom is 0.413 e. The van der Waals surface area contributed by atoms with Gasteiger partial charge in [0.05, 0.1) is 18.5 Å². The molecule has 0 radical (unpaired) electrons. The zero-order valence-electron chi connectivity index (χ0n) is 13.1. The third kappa shape index (κ3) is 5.06. The number of hydrogen-bond donors (Lipinski definition) is 3. The van der Waals surface area contributed by atoms with E-state index in [4.69, 9.17) is 22.1 Å². The normalized spacial score (nSPS) is 10.6. The number of carbonyl (C=O) groups is 1. The lowest BCUT2D eigenvalue weighted by atomic mass is 10.3. The molecule has 0 unspecified atom stereocenters. The molecule has 2 rings (SSSR count). The third-order valence-electron chi connectivity index (χ3n) is 2.91. The molecule has 0 aliphatic rings. The number of ether oxygens (including phenoxy) is 1. The summed E-state index contributed by atoms with van der Waals surface area (Å²) >= 11 is 4.92. The fourth-order valence-electron chi connectivity index (χ4n) is 1.75. The van der Waals surface area contributed by atoms with Gasteiger partial charge in [0.15, 0.2) is 5.11 Å². The first kappa shape index (κ1) is 18.5. The van der Waals surface area contributed by atoms with Crippen molar-refractivity contribution in [3.63, 3.8) is 0 Å². The maximum absolute atomic E-state index is 12.4. The van der Waals surface area contributed by atoms with Gasteiger partial charge in [0.1, 0.15) is 10.6 Å². The van der Waals surface area contributed by atoms with Crippen molar-refractivity contribution in [2.24, 2.45) is 0 Å². The second-order valence-corrected chi connectivity index (χ2v) is 6.62. The molecule has 0 aliphatic heterocycles. The Balaban J connectivity index is 2.22. The molecule has 132 valence electrons. The third-order valence-corrected chi connectivity index (χ3v) is 4.36. The molecular formula is C15H15N3O5S2. The van der Waals surface area contributed by atoms with E-state index in [0.717, 1.165) is 0 Å². The minimum Gasteiger partial charge on any atom is -0.453 e. The van der Waals surface area contributed by atoms with Gasteiger partial charge in [0.25, 0.3) is 0 Å². The van der Waals surface area contributed by atoms with Crippen LogP contribution in [-0.2, 0) is 14.9 Å². The molecule has 2 aromatic rings. The highest BCUT2D eigenvalue weighted by atomic mass is 32.2. The predicted molar refractivity (Wildman–Crippen MR) is 96.9 cm³/mol. The van der Waals surface area contributed by atoms with Crippen LogP contribution in [-0.4, -0.2) is 26.7 Å². The number of amides is 1. The van der Waals surface area contributed by atoms with Crippen LogP contribution >= 0.6 is 12.2 Å². The van der Waals surface area contributed by atoms with Gasteiger partial charge in [-0.05, 0) is 42.5 Å². The number of anilines is 2. The van der Waals surface area contributed by atoms with Gasteiger partial charge in [0, 0.05) is 0 Å². The average molecular weight is 381 g/mol. The predicted octanol–water partition coefficient (Wildman–Crippen LogP) is 2.09. The molecule has 1 amide bonds. The Bertz CT molecular complexity index is 885. The van der Waals surface area contributed by atoms with Crippen LogP contribution in [0.3, 0.4) is 0 Å². The van der Waals surface area contributed by atoms with Crippen molar-refractivity contribution in [2.45, 2.75) is 4.90 Å². The molecule has 4 N–H and O–H groups in total. The summed E-state index contributed by atoms with van der Waals surface area (Å²) in [4.78, 5) is 11.0. The van der Waals surface area contributed by atoms with Crippen molar-refractivity contribution < 1.29 is 22.1 Å². The fraction of sp³-hybridized carbons (Fsp3) is 0.0667. The first-order valence-corrected chi connectivity index (χ1v) is 8.68. The zero-order chi connectivity index (χ0) is 18.4. The molecule has 0 aliphatic carbocycles. The number of nitrogens with two attached hydrogens (primary N) is 1. The standard InChI is InChI=1S/C15H15N3O5S2/c1-22-15(19)18-14(24)17-13-9-11(7-8-12(13)16)25(20,21)23-10-5-3-2-4-6-10/h2-9H,16H2,1H3,(H2,17,18,19,24). The Morgan fingerprint density at radius 3 is 2.48 bits per heavy atom. The van der Waals surface area contributed by atoms with Crippen LogP contribution in [0, 0.1) is 0 Å². The van der Waals surface area contributed by atoms with E-state index in [-0.39, 0.29) is 27.1 Å². The van der Waals surface area contributed by atoms with Crippen molar-refractivity contribution in [1.82, 2.24) is 5.32 Å². The summed E-state index contributed by atoms with van der Waals surface area (Å²) in [6.45, 7) is 0. The molecule has 8 nitrogen and oxygen atoms in total. The van der Waals surface area contributed by atoms with E-state index in [0.29, 0.717) is 0 Å².